The second-order valence-electron chi connectivity index (χ2n) is 11.0. The fourth-order valence-corrected chi connectivity index (χ4v) is 6.51. The smallest absolute Gasteiger partial charge is 0.256 e. The summed E-state index contributed by atoms with van der Waals surface area (Å²) in [6.07, 6.45) is 4.90. The van der Waals surface area contributed by atoms with Gasteiger partial charge in [0.1, 0.15) is 0 Å². The van der Waals surface area contributed by atoms with Crippen LogP contribution in [0.5, 0.6) is 0 Å². The van der Waals surface area contributed by atoms with Gasteiger partial charge < -0.3 is 20.3 Å². The summed E-state index contributed by atoms with van der Waals surface area (Å²) in [6, 6.07) is 10.9. The lowest BCUT2D eigenvalue weighted by atomic mass is 9.87. The van der Waals surface area contributed by atoms with Gasteiger partial charge in [-0.05, 0) is 61.9 Å². The molecule has 3 N–H and O–H groups in total. The average Bonchev–Trinajstić information content (AvgIpc) is 3.69. The third-order valence-corrected chi connectivity index (χ3v) is 8.34. The van der Waals surface area contributed by atoms with Crippen LogP contribution in [0.2, 0.25) is 0 Å². The van der Waals surface area contributed by atoms with Crippen molar-refractivity contribution in [2.45, 2.75) is 38.7 Å². The van der Waals surface area contributed by atoms with Gasteiger partial charge in [-0.3, -0.25) is 9.59 Å². The summed E-state index contributed by atoms with van der Waals surface area (Å²) in [6.45, 7) is 4.17. The summed E-state index contributed by atoms with van der Waals surface area (Å²) in [4.78, 5) is 32.5. The normalized spacial score (nSPS) is 23.9. The van der Waals surface area contributed by atoms with E-state index in [1.807, 2.05) is 13.0 Å². The number of anilines is 1. The molecule has 2 aromatic carbocycles. The minimum atomic E-state index is -0.978. The van der Waals surface area contributed by atoms with Crippen LogP contribution in [0.15, 0.2) is 42.5 Å². The molecule has 0 radical (unpaired) electrons. The van der Waals surface area contributed by atoms with Gasteiger partial charge in [0.25, 0.3) is 5.91 Å². The van der Waals surface area contributed by atoms with Crippen LogP contribution in [0, 0.1) is 30.4 Å². The van der Waals surface area contributed by atoms with Crippen LogP contribution in [0.4, 0.5) is 14.5 Å². The topological polar surface area (TPSA) is 85.4 Å². The van der Waals surface area contributed by atoms with E-state index in [1.165, 1.54) is 12.1 Å². The third-order valence-electron chi connectivity index (χ3n) is 8.34. The summed E-state index contributed by atoms with van der Waals surface area (Å²) in [7, 11) is 0. The fourth-order valence-electron chi connectivity index (χ4n) is 6.51. The Kier molecular flexibility index (Phi) is 6.69. The lowest BCUT2D eigenvalue weighted by molar-refractivity contribution is -0.110. The van der Waals surface area contributed by atoms with E-state index in [1.54, 1.807) is 24.3 Å². The number of aliphatic hydroxyl groups excluding tert-OH is 1. The third kappa shape index (κ3) is 4.72. The highest BCUT2D eigenvalue weighted by Gasteiger charge is 2.37. The van der Waals surface area contributed by atoms with Gasteiger partial charge in [-0.2, -0.15) is 0 Å². The highest BCUT2D eigenvalue weighted by Crippen LogP contribution is 2.42. The first kappa shape index (κ1) is 25.6. The molecule has 6 nitrogen and oxygen atoms in total. The Morgan fingerprint density at radius 2 is 1.92 bits per heavy atom. The van der Waals surface area contributed by atoms with Crippen molar-refractivity contribution in [2.75, 3.05) is 25.0 Å². The van der Waals surface area contributed by atoms with Crippen molar-refractivity contribution in [3.05, 3.63) is 76.6 Å². The molecule has 3 atom stereocenters. The summed E-state index contributed by atoms with van der Waals surface area (Å²) in [5.41, 5.74) is 3.60. The molecule has 1 amide bonds. The molecular weight excluding hydrogens is 500 g/mol. The number of aromatic nitrogens is 1. The molecule has 39 heavy (non-hydrogen) atoms. The zero-order valence-corrected chi connectivity index (χ0v) is 21.8. The number of aliphatic hydroxyl groups is 1. The molecule has 3 aromatic rings. The number of nitrogens with zero attached hydrogens (tertiary/aromatic N) is 1. The van der Waals surface area contributed by atoms with E-state index in [0.717, 1.165) is 50.5 Å². The molecule has 1 saturated heterocycles. The number of β-amino-alcohol motifs (C(OH)–C–C–N with tert-alkyl or cyclic N) is 1. The van der Waals surface area contributed by atoms with Crippen molar-refractivity contribution in [2.24, 2.45) is 11.8 Å². The Labute approximate surface area is 225 Å². The minimum absolute atomic E-state index is 0.0523. The molecule has 1 aromatic heterocycles. The lowest BCUT2D eigenvalue weighted by Gasteiger charge is -2.24. The Morgan fingerprint density at radius 3 is 2.72 bits per heavy atom. The van der Waals surface area contributed by atoms with Gasteiger partial charge in [-0.15, -0.1) is 0 Å². The molecule has 3 heterocycles. The van der Waals surface area contributed by atoms with Crippen molar-refractivity contribution in [1.82, 2.24) is 9.88 Å². The maximum atomic E-state index is 14.8. The van der Waals surface area contributed by atoms with Crippen molar-refractivity contribution >= 4 is 29.0 Å². The number of Topliss-reactive ketones (excluding diaryl/α,β-unsaturated/α-hetero) is 1. The van der Waals surface area contributed by atoms with Crippen LogP contribution in [0.3, 0.4) is 0 Å². The van der Waals surface area contributed by atoms with E-state index in [9.17, 15) is 23.5 Å². The second-order valence-corrected chi connectivity index (χ2v) is 11.0. The first-order valence-electron chi connectivity index (χ1n) is 13.5. The van der Waals surface area contributed by atoms with Crippen LogP contribution in [-0.2, 0) is 4.79 Å². The summed E-state index contributed by atoms with van der Waals surface area (Å²) in [5.74, 6) is -2.17. The molecule has 2 fully saturated rings. The quantitative estimate of drug-likeness (QED) is 0.293. The maximum Gasteiger partial charge on any atom is 0.256 e. The van der Waals surface area contributed by atoms with E-state index in [2.05, 4.69) is 15.2 Å². The number of likely N-dealkylation sites (tertiary alicyclic amines) is 1. The van der Waals surface area contributed by atoms with Crippen LogP contribution in [0.1, 0.15) is 53.0 Å². The van der Waals surface area contributed by atoms with E-state index >= 15 is 0 Å². The maximum absolute atomic E-state index is 14.8. The minimum Gasteiger partial charge on any atom is -0.392 e. The lowest BCUT2D eigenvalue weighted by Crippen LogP contribution is -2.32. The molecule has 8 heteroatoms. The number of halogens is 2. The zero-order chi connectivity index (χ0) is 27.3. The van der Waals surface area contributed by atoms with E-state index in [-0.39, 0.29) is 40.8 Å². The van der Waals surface area contributed by atoms with E-state index in [0.29, 0.717) is 34.6 Å². The van der Waals surface area contributed by atoms with Crippen LogP contribution < -0.4 is 5.32 Å². The van der Waals surface area contributed by atoms with E-state index in [4.69, 9.17) is 0 Å². The zero-order valence-electron chi connectivity index (χ0n) is 21.8. The number of carbonyl (C=O) groups is 2. The molecule has 3 aliphatic rings. The molecule has 1 saturated carbocycles. The molecule has 202 valence electrons. The molecule has 0 bridgehead atoms. The van der Waals surface area contributed by atoms with Crippen LogP contribution in [-0.4, -0.2) is 52.4 Å². The summed E-state index contributed by atoms with van der Waals surface area (Å²) >= 11 is 0. The van der Waals surface area contributed by atoms with Gasteiger partial charge in [-0.1, -0.05) is 30.7 Å². The first-order chi connectivity index (χ1) is 18.8. The number of hydrogen-bond acceptors (Lipinski definition) is 4. The van der Waals surface area contributed by atoms with E-state index < -0.39 is 11.6 Å². The first-order valence-corrected chi connectivity index (χ1v) is 13.5. The van der Waals surface area contributed by atoms with Crippen molar-refractivity contribution < 1.29 is 23.5 Å². The largest absolute Gasteiger partial charge is 0.392 e. The number of benzene rings is 2. The highest BCUT2D eigenvalue weighted by molar-refractivity contribution is 6.36. The van der Waals surface area contributed by atoms with Gasteiger partial charge in [-0.25, -0.2) is 8.78 Å². The Bertz CT molecular complexity index is 1490. The molecule has 0 spiro atoms. The van der Waals surface area contributed by atoms with Crippen molar-refractivity contribution in [1.29, 1.82) is 0 Å². The number of ketones is 1. The predicted octanol–water partition coefficient (Wildman–Crippen LogP) is 5.43. The molecule has 1 unspecified atom stereocenters. The van der Waals surface area contributed by atoms with Gasteiger partial charge in [0.15, 0.2) is 17.4 Å². The number of amides is 1. The monoisotopic (exact) mass is 531 g/mol. The Balaban J connectivity index is 1.36. The Morgan fingerprint density at radius 1 is 1.13 bits per heavy atom. The van der Waals surface area contributed by atoms with Crippen molar-refractivity contribution in [3.63, 3.8) is 0 Å². The molecule has 6 rings (SSSR count). The number of H-pyrrole nitrogens is 1. The highest BCUT2D eigenvalue weighted by atomic mass is 19.2. The fraction of sp³-hybridized carbons (Fsp3) is 0.355. The number of hydrogen-bond donors (Lipinski definition) is 3. The number of aryl methyl sites for hydroxylation is 1. The summed E-state index contributed by atoms with van der Waals surface area (Å²) in [5, 5.41) is 12.7. The second kappa shape index (κ2) is 10.2. The number of rotatable bonds is 6. The SMILES string of the molecule is Cc1cc(C(=O)C2CCC[C@H]2CN2CC[C@@H](O)C2)c(C=C2C(=O)Nc3cccc(-c4cccc(F)c4F)c32)[nH]1. The van der Waals surface area contributed by atoms with Gasteiger partial charge in [0.2, 0.25) is 0 Å². The van der Waals surface area contributed by atoms with Gasteiger partial charge >= 0.3 is 0 Å². The predicted molar refractivity (Wildman–Crippen MR) is 146 cm³/mol. The average molecular weight is 532 g/mol. The van der Waals surface area contributed by atoms with Crippen molar-refractivity contribution in [3.8, 4) is 11.1 Å². The molecule has 2 aliphatic heterocycles. The van der Waals surface area contributed by atoms with Gasteiger partial charge in [0.05, 0.1) is 11.7 Å². The Hall–Kier alpha value is -3.62. The number of aromatic amines is 1. The van der Waals surface area contributed by atoms with Crippen LogP contribution >= 0.6 is 0 Å². The molecule has 1 aliphatic carbocycles. The standard InChI is InChI=1S/C31H31F2N3O3/c1-17-13-23(30(38)20-6-2-5-18(20)15-36-12-11-19(37)16-36)27(34-17)14-24-28-21(7-4-10-26(28)35-31(24)39)22-8-3-9-25(32)29(22)33/h3-4,7-10,13-14,18-20,34,37H,2,5-6,11-12,15-16H2,1H3,(H,35,39)/t18-,19+,20?/m0/s1. The van der Waals surface area contributed by atoms with Gasteiger partial charge in [0, 0.05) is 59.3 Å². The van der Waals surface area contributed by atoms with Crippen LogP contribution in [0.25, 0.3) is 22.8 Å². The number of nitrogens with one attached hydrogen (secondary N) is 2. The number of carbonyl (C=O) groups excluding carboxylic acids is 2. The summed E-state index contributed by atoms with van der Waals surface area (Å²) < 4.78 is 28.9. The number of fused-ring (bicyclic) bond motifs is 1. The molecular formula is C31H31F2N3O3.